The van der Waals surface area contributed by atoms with Crippen molar-refractivity contribution in [2.75, 3.05) is 12.9 Å². The summed E-state index contributed by atoms with van der Waals surface area (Å²) in [6.45, 7) is 1.56. The van der Waals surface area contributed by atoms with Crippen molar-refractivity contribution in [3.63, 3.8) is 0 Å². The maximum absolute atomic E-state index is 4.47. The first kappa shape index (κ1) is 5.31. The van der Waals surface area contributed by atoms with Gasteiger partial charge in [-0.25, -0.2) is 0 Å². The fourth-order valence-corrected chi connectivity index (χ4v) is 0.204. The highest BCUT2D eigenvalue weighted by Crippen LogP contribution is 1.77. The van der Waals surface area contributed by atoms with Crippen LogP contribution in [0.25, 0.3) is 0 Å². The topological polar surface area (TPSA) is 9.23 Å². The SMILES string of the molecule is CO[CH]C[S]. The number of hydrogen-bond acceptors (Lipinski definition) is 1. The average Bonchev–Trinajstić information content (AvgIpc) is 1.41. The van der Waals surface area contributed by atoms with Gasteiger partial charge in [-0.3, -0.25) is 0 Å². The van der Waals surface area contributed by atoms with Gasteiger partial charge in [0, 0.05) is 12.9 Å². The molecule has 0 saturated carbocycles. The third-order valence-corrected chi connectivity index (χ3v) is 0.371. The van der Waals surface area contributed by atoms with E-state index in [0.717, 1.165) is 0 Å². The molecule has 0 aromatic carbocycles. The van der Waals surface area contributed by atoms with Gasteiger partial charge >= 0.3 is 0 Å². The highest BCUT2D eigenvalue weighted by Gasteiger charge is 1.69. The molecule has 0 amide bonds. The van der Waals surface area contributed by atoms with Crippen LogP contribution in [-0.4, -0.2) is 12.9 Å². The Kier molecular flexibility index (Phi) is 4.58. The highest BCUT2D eigenvalue weighted by molar-refractivity contribution is 7.80. The van der Waals surface area contributed by atoms with Crippen molar-refractivity contribution in [1.29, 1.82) is 0 Å². The molecule has 1 nitrogen and oxygen atoms in total. The molecule has 0 saturated heterocycles. The van der Waals surface area contributed by atoms with Crippen LogP contribution < -0.4 is 0 Å². The smallest absolute Gasteiger partial charge is 0.0939 e. The van der Waals surface area contributed by atoms with Gasteiger partial charge in [-0.2, -0.15) is 0 Å². The van der Waals surface area contributed by atoms with Crippen LogP contribution >= 0.6 is 12.6 Å². The number of hydrogen-bond donors (Lipinski definition) is 0. The van der Waals surface area contributed by atoms with Gasteiger partial charge < -0.3 is 4.74 Å². The molecule has 0 aliphatic carbocycles. The summed E-state index contributed by atoms with van der Waals surface area (Å²) in [4.78, 5) is 0. The molecule has 0 aromatic heterocycles. The molecule has 0 rings (SSSR count). The van der Waals surface area contributed by atoms with Crippen LogP contribution in [0.4, 0.5) is 0 Å². The summed E-state index contributed by atoms with van der Waals surface area (Å²) in [5.41, 5.74) is 0. The normalized spacial score (nSPS) is 8.40. The lowest BCUT2D eigenvalue weighted by Crippen LogP contribution is -1.76. The van der Waals surface area contributed by atoms with E-state index in [0.29, 0.717) is 5.75 Å². The van der Waals surface area contributed by atoms with E-state index in [1.807, 2.05) is 0 Å². The number of ether oxygens (including phenoxy) is 1. The van der Waals surface area contributed by atoms with Gasteiger partial charge in [0.25, 0.3) is 0 Å². The Morgan fingerprint density at radius 2 is 2.60 bits per heavy atom. The average molecular weight is 90.1 g/mol. The lowest BCUT2D eigenvalue weighted by atomic mass is 10.9. The summed E-state index contributed by atoms with van der Waals surface area (Å²) in [7, 11) is 1.59. The Morgan fingerprint density at radius 1 is 2.00 bits per heavy atom. The molecule has 0 heterocycles. The zero-order valence-corrected chi connectivity index (χ0v) is 3.92. The summed E-state index contributed by atoms with van der Waals surface area (Å²) in [6.07, 6.45) is 0. The van der Waals surface area contributed by atoms with Crippen molar-refractivity contribution in [3.8, 4) is 0 Å². The van der Waals surface area contributed by atoms with Crippen LogP contribution in [0.3, 0.4) is 0 Å². The second-order valence-electron chi connectivity index (χ2n) is 0.569. The second-order valence-corrected chi connectivity index (χ2v) is 0.902. The van der Waals surface area contributed by atoms with Crippen molar-refractivity contribution in [2.24, 2.45) is 0 Å². The third kappa shape index (κ3) is 4.31. The van der Waals surface area contributed by atoms with Crippen LogP contribution in [0.15, 0.2) is 0 Å². The van der Waals surface area contributed by atoms with Crippen LogP contribution in [0, 0.1) is 6.61 Å². The van der Waals surface area contributed by atoms with E-state index in [2.05, 4.69) is 17.4 Å². The maximum atomic E-state index is 4.47. The summed E-state index contributed by atoms with van der Waals surface area (Å²) in [5.74, 6) is 0.580. The zero-order valence-electron chi connectivity index (χ0n) is 3.10. The van der Waals surface area contributed by atoms with E-state index < -0.39 is 0 Å². The summed E-state index contributed by atoms with van der Waals surface area (Å²) in [6, 6.07) is 0. The minimum Gasteiger partial charge on any atom is -0.378 e. The van der Waals surface area contributed by atoms with Crippen LogP contribution in [-0.2, 0) is 4.74 Å². The molecule has 5 heavy (non-hydrogen) atoms. The minimum atomic E-state index is 0.580. The van der Waals surface area contributed by atoms with Crippen molar-refractivity contribution in [2.45, 2.75) is 0 Å². The van der Waals surface area contributed by atoms with Gasteiger partial charge in [-0.1, -0.05) is 12.6 Å². The Hall–Kier alpha value is 0.310. The van der Waals surface area contributed by atoms with Gasteiger partial charge in [-0.05, 0) is 0 Å². The van der Waals surface area contributed by atoms with Crippen LogP contribution in [0.1, 0.15) is 0 Å². The molecule has 0 fully saturated rings. The molecular weight excluding hydrogens is 84.1 g/mol. The molecule has 0 spiro atoms. The fourth-order valence-electron chi connectivity index (χ4n) is 0.0680. The van der Waals surface area contributed by atoms with Gasteiger partial charge in [0.2, 0.25) is 0 Å². The van der Waals surface area contributed by atoms with E-state index in [-0.39, 0.29) is 0 Å². The van der Waals surface area contributed by atoms with E-state index in [4.69, 9.17) is 0 Å². The molecule has 0 atom stereocenters. The van der Waals surface area contributed by atoms with Crippen molar-refractivity contribution in [1.82, 2.24) is 0 Å². The van der Waals surface area contributed by atoms with E-state index >= 15 is 0 Å². The first-order chi connectivity index (χ1) is 2.41. The van der Waals surface area contributed by atoms with Gasteiger partial charge in [0.1, 0.15) is 0 Å². The molecule has 0 unspecified atom stereocenters. The van der Waals surface area contributed by atoms with E-state index in [1.54, 1.807) is 13.7 Å². The summed E-state index contributed by atoms with van der Waals surface area (Å²) in [5, 5.41) is 0. The van der Waals surface area contributed by atoms with Crippen molar-refractivity contribution >= 4 is 12.6 Å². The van der Waals surface area contributed by atoms with E-state index in [9.17, 15) is 0 Å². The third-order valence-electron chi connectivity index (χ3n) is 0.235. The minimum absolute atomic E-state index is 0.580. The first-order valence-corrected chi connectivity index (χ1v) is 1.92. The van der Waals surface area contributed by atoms with Gasteiger partial charge in [-0.15, -0.1) is 0 Å². The fraction of sp³-hybridized carbons (Fsp3) is 0.667. The quantitative estimate of drug-likeness (QED) is 0.491. The zero-order chi connectivity index (χ0) is 4.12. The van der Waals surface area contributed by atoms with Gasteiger partial charge in [0.05, 0.1) is 6.61 Å². The Bertz CT molecular complexity index is 14.4. The first-order valence-electron chi connectivity index (χ1n) is 1.34. The molecule has 0 aliphatic heterocycles. The van der Waals surface area contributed by atoms with Crippen LogP contribution in [0.5, 0.6) is 0 Å². The molecule has 2 radical (unpaired) electrons. The van der Waals surface area contributed by atoms with E-state index in [1.165, 1.54) is 0 Å². The maximum Gasteiger partial charge on any atom is 0.0939 e. The Morgan fingerprint density at radius 3 is 2.60 bits per heavy atom. The van der Waals surface area contributed by atoms with Crippen LogP contribution in [0.2, 0.25) is 0 Å². The number of methoxy groups -OCH3 is 1. The predicted molar refractivity (Wildman–Crippen MR) is 23.8 cm³/mol. The number of rotatable bonds is 2. The Labute approximate surface area is 37.7 Å². The lowest BCUT2D eigenvalue weighted by molar-refractivity contribution is 0.285. The molecule has 0 bridgehead atoms. The lowest BCUT2D eigenvalue weighted by Gasteiger charge is -1.81. The Balaban J connectivity index is 2.19. The van der Waals surface area contributed by atoms with Crippen molar-refractivity contribution < 1.29 is 4.74 Å². The molecule has 2 heteroatoms. The molecule has 0 aliphatic rings. The second kappa shape index (κ2) is 4.31. The summed E-state index contributed by atoms with van der Waals surface area (Å²) >= 11 is 4.47. The standard InChI is InChI=1S/C3H6OS/c1-4-2-3-5/h2H,3H2,1H3. The molecule has 30 valence electrons. The predicted octanol–water partition coefficient (Wildman–Crippen LogP) is 0.992. The largest absolute Gasteiger partial charge is 0.378 e. The monoisotopic (exact) mass is 90.0 g/mol. The van der Waals surface area contributed by atoms with Crippen molar-refractivity contribution in [3.05, 3.63) is 6.61 Å². The molecule has 0 N–H and O–H groups in total. The molecular formula is C3H6OS. The van der Waals surface area contributed by atoms with Gasteiger partial charge in [0.15, 0.2) is 0 Å². The summed E-state index contributed by atoms with van der Waals surface area (Å²) < 4.78 is 4.46. The molecule has 0 aromatic rings. The highest BCUT2D eigenvalue weighted by atomic mass is 32.1.